The number of amides is 4. The maximum Gasteiger partial charge on any atom is 0.334 e. The van der Waals surface area contributed by atoms with Gasteiger partial charge in [-0.05, 0) is 77.2 Å². The lowest BCUT2D eigenvalue weighted by atomic mass is 9.73. The molecule has 0 spiro atoms. The molecule has 0 N–H and O–H groups in total. The summed E-state index contributed by atoms with van der Waals surface area (Å²) in [7, 11) is 7.91. The number of nitrogens with zero attached hydrogens (tertiary/aromatic N) is 4. The van der Waals surface area contributed by atoms with Crippen molar-refractivity contribution in [1.82, 2.24) is 19.6 Å². The molecule has 1 aliphatic heterocycles. The molecule has 232 valence electrons. The van der Waals surface area contributed by atoms with Gasteiger partial charge < -0.3 is 9.80 Å². The lowest BCUT2D eigenvalue weighted by molar-refractivity contribution is -0.156. The molecule has 3 aromatic rings. The molecule has 0 bridgehead atoms. The van der Waals surface area contributed by atoms with Crippen LogP contribution < -0.4 is 0 Å². The van der Waals surface area contributed by atoms with Crippen molar-refractivity contribution >= 4 is 51.8 Å². The topological polar surface area (TPSA) is 64.2 Å². The molecular weight excluding hydrogens is 672 g/mol. The van der Waals surface area contributed by atoms with Crippen LogP contribution in [0.5, 0.6) is 0 Å². The van der Waals surface area contributed by atoms with Gasteiger partial charge in [-0.3, -0.25) is 19.4 Å². The highest BCUT2D eigenvalue weighted by atomic mass is 79.9. The van der Waals surface area contributed by atoms with Gasteiger partial charge in [-0.15, -0.1) is 34.0 Å². The number of barbiturate groups is 1. The van der Waals surface area contributed by atoms with Crippen molar-refractivity contribution in [2.45, 2.75) is 43.7 Å². The number of benzene rings is 3. The highest BCUT2D eigenvalue weighted by Crippen LogP contribution is 2.44. The van der Waals surface area contributed by atoms with E-state index >= 15 is 0 Å². The van der Waals surface area contributed by atoms with Crippen LogP contribution in [0.15, 0.2) is 91.0 Å². The van der Waals surface area contributed by atoms with Crippen molar-refractivity contribution in [2.24, 2.45) is 0 Å². The zero-order valence-electron chi connectivity index (χ0n) is 25.7. The van der Waals surface area contributed by atoms with Crippen LogP contribution in [0.4, 0.5) is 4.79 Å². The molecule has 7 nitrogen and oxygen atoms in total. The minimum absolute atomic E-state index is 0. The summed E-state index contributed by atoms with van der Waals surface area (Å²) in [5, 5.41) is 0. The fraction of sp³-hybridized carbons (Fsp3) is 0.382. The minimum atomic E-state index is -1.52. The van der Waals surface area contributed by atoms with Crippen LogP contribution in [0.3, 0.4) is 0 Å². The molecule has 4 rings (SSSR count). The predicted octanol–water partition coefficient (Wildman–Crippen LogP) is 6.67. The lowest BCUT2D eigenvalue weighted by Crippen LogP contribution is -2.68. The summed E-state index contributed by atoms with van der Waals surface area (Å²) in [4.78, 5) is 51.1. The molecule has 2 atom stereocenters. The zero-order chi connectivity index (χ0) is 29.6. The fourth-order valence-corrected chi connectivity index (χ4v) is 5.82. The molecule has 0 radical (unpaired) electrons. The van der Waals surface area contributed by atoms with Gasteiger partial charge in [0.1, 0.15) is 0 Å². The second-order valence-corrected chi connectivity index (χ2v) is 11.3. The second-order valence-electron chi connectivity index (χ2n) is 11.3. The first-order valence-corrected chi connectivity index (χ1v) is 14.4. The maximum atomic E-state index is 14.8. The summed E-state index contributed by atoms with van der Waals surface area (Å²) in [5.74, 6) is -0.908. The number of hydrogen-bond donors (Lipinski definition) is 0. The van der Waals surface area contributed by atoms with Gasteiger partial charge in [0.15, 0.2) is 5.41 Å². The molecule has 1 saturated heterocycles. The molecule has 1 heterocycles. The Hall–Kier alpha value is -2.85. The molecule has 1 aliphatic rings. The standard InChI is InChI=1S/C34H42N4O3.2BrH/c1-6-34(28-20-14-9-15-21-28)31(39)37(29(22-24-35(2)3)26-16-10-7-11-17-26)33(41)38(32(34)40)30(23-25-36(4)5)27-18-12-8-13-19-27;;/h7-21,29-30H,6,22-25H2,1-5H3;2*1H. The molecule has 9 heteroatoms. The van der Waals surface area contributed by atoms with Gasteiger partial charge in [-0.25, -0.2) is 4.79 Å². The van der Waals surface area contributed by atoms with Crippen molar-refractivity contribution in [2.75, 3.05) is 41.3 Å². The quantitative estimate of drug-likeness (QED) is 0.196. The average molecular weight is 717 g/mol. The Kier molecular flexibility index (Phi) is 13.8. The Morgan fingerprint density at radius 1 is 0.605 bits per heavy atom. The highest BCUT2D eigenvalue weighted by Gasteiger charge is 2.60. The summed E-state index contributed by atoms with van der Waals surface area (Å²) in [6.07, 6.45) is 1.32. The third-order valence-corrected chi connectivity index (χ3v) is 8.07. The van der Waals surface area contributed by atoms with E-state index in [1.165, 1.54) is 9.80 Å². The molecule has 1 fully saturated rings. The van der Waals surface area contributed by atoms with Crippen molar-refractivity contribution in [3.8, 4) is 0 Å². The molecule has 43 heavy (non-hydrogen) atoms. The highest BCUT2D eigenvalue weighted by molar-refractivity contribution is 8.93. The lowest BCUT2D eigenvalue weighted by Gasteiger charge is -2.49. The Morgan fingerprint density at radius 2 is 0.953 bits per heavy atom. The number of carbonyl (C=O) groups is 3. The predicted molar refractivity (Wildman–Crippen MR) is 183 cm³/mol. The fourth-order valence-electron chi connectivity index (χ4n) is 5.82. The number of rotatable bonds is 12. The zero-order valence-corrected chi connectivity index (χ0v) is 29.1. The van der Waals surface area contributed by atoms with Crippen LogP contribution in [0.25, 0.3) is 0 Å². The molecule has 0 aromatic heterocycles. The van der Waals surface area contributed by atoms with E-state index in [-0.39, 0.29) is 40.4 Å². The Morgan fingerprint density at radius 3 is 1.28 bits per heavy atom. The molecular formula is C34H44Br2N4O3. The molecule has 0 aliphatic carbocycles. The third kappa shape index (κ3) is 7.63. The Bertz CT molecular complexity index is 1250. The van der Waals surface area contributed by atoms with E-state index in [1.54, 1.807) is 0 Å². The SMILES string of the molecule is Br.Br.CCC1(c2ccccc2)C(=O)N(C(CCN(C)C)c2ccccc2)C(=O)N(C(CCN(C)C)c2ccccc2)C1=O. The van der Waals surface area contributed by atoms with Gasteiger partial charge in [0, 0.05) is 0 Å². The van der Waals surface area contributed by atoms with Gasteiger partial charge >= 0.3 is 6.03 Å². The number of carbonyl (C=O) groups excluding carboxylic acids is 3. The number of halogens is 2. The summed E-state index contributed by atoms with van der Waals surface area (Å²) >= 11 is 0. The van der Waals surface area contributed by atoms with Gasteiger partial charge in [0.2, 0.25) is 0 Å². The van der Waals surface area contributed by atoms with Crippen molar-refractivity contribution in [1.29, 1.82) is 0 Å². The van der Waals surface area contributed by atoms with E-state index in [0.29, 0.717) is 31.5 Å². The van der Waals surface area contributed by atoms with E-state index in [4.69, 9.17) is 0 Å². The average Bonchev–Trinajstić information content (AvgIpc) is 2.98. The molecule has 3 aromatic carbocycles. The van der Waals surface area contributed by atoms with Crippen LogP contribution in [0.1, 0.15) is 55.0 Å². The summed E-state index contributed by atoms with van der Waals surface area (Å²) < 4.78 is 0. The smallest absolute Gasteiger partial charge is 0.309 e. The van der Waals surface area contributed by atoms with Gasteiger partial charge in [-0.1, -0.05) is 97.9 Å². The van der Waals surface area contributed by atoms with E-state index in [2.05, 4.69) is 0 Å². The molecule has 4 amide bonds. The van der Waals surface area contributed by atoms with Gasteiger partial charge in [0.05, 0.1) is 12.1 Å². The number of imide groups is 2. The summed E-state index contributed by atoms with van der Waals surface area (Å²) in [6, 6.07) is 27.0. The summed E-state index contributed by atoms with van der Waals surface area (Å²) in [5.41, 5.74) is 0.825. The second kappa shape index (κ2) is 16.3. The Labute approximate surface area is 277 Å². The first kappa shape index (κ1) is 36.3. The van der Waals surface area contributed by atoms with Gasteiger partial charge in [0.25, 0.3) is 11.8 Å². The van der Waals surface area contributed by atoms with E-state index in [9.17, 15) is 14.4 Å². The number of hydrogen-bond acceptors (Lipinski definition) is 5. The van der Waals surface area contributed by atoms with Crippen LogP contribution in [0, 0.1) is 0 Å². The summed E-state index contributed by atoms with van der Waals surface area (Å²) in [6.45, 7) is 3.19. The van der Waals surface area contributed by atoms with E-state index in [1.807, 2.05) is 136 Å². The molecule has 0 saturated carbocycles. The van der Waals surface area contributed by atoms with Crippen LogP contribution in [-0.4, -0.2) is 78.7 Å². The van der Waals surface area contributed by atoms with E-state index in [0.717, 1.165) is 11.1 Å². The van der Waals surface area contributed by atoms with Crippen LogP contribution in [0.2, 0.25) is 0 Å². The molecule has 2 unspecified atom stereocenters. The minimum Gasteiger partial charge on any atom is -0.309 e. The third-order valence-electron chi connectivity index (χ3n) is 8.07. The van der Waals surface area contributed by atoms with Crippen LogP contribution >= 0.6 is 34.0 Å². The first-order chi connectivity index (χ1) is 19.7. The van der Waals surface area contributed by atoms with Crippen molar-refractivity contribution in [3.63, 3.8) is 0 Å². The van der Waals surface area contributed by atoms with Crippen molar-refractivity contribution < 1.29 is 14.4 Å². The van der Waals surface area contributed by atoms with Crippen molar-refractivity contribution in [3.05, 3.63) is 108 Å². The largest absolute Gasteiger partial charge is 0.334 e. The van der Waals surface area contributed by atoms with E-state index < -0.39 is 35.3 Å². The maximum absolute atomic E-state index is 14.8. The van der Waals surface area contributed by atoms with Gasteiger partial charge in [-0.2, -0.15) is 0 Å². The number of urea groups is 1. The monoisotopic (exact) mass is 714 g/mol. The first-order valence-electron chi connectivity index (χ1n) is 14.4. The van der Waals surface area contributed by atoms with Crippen LogP contribution in [-0.2, 0) is 15.0 Å². The normalized spacial score (nSPS) is 18.3. The Balaban J connectivity index is 0.00000323.